The van der Waals surface area contributed by atoms with Gasteiger partial charge in [-0.25, -0.2) is 4.98 Å². The molecule has 2 rings (SSSR count). The Balaban J connectivity index is 2.02. The van der Waals surface area contributed by atoms with Crippen molar-refractivity contribution in [3.8, 4) is 0 Å². The molecule has 1 N–H and O–H groups in total. The highest BCUT2D eigenvalue weighted by Crippen LogP contribution is 2.28. The van der Waals surface area contributed by atoms with Crippen LogP contribution in [-0.4, -0.2) is 16.1 Å². The molecular weight excluding hydrogens is 186 g/mol. The lowest BCUT2D eigenvalue weighted by Crippen LogP contribution is -2.19. The number of hydrogen-bond donors (Lipinski definition) is 1. The summed E-state index contributed by atoms with van der Waals surface area (Å²) in [6, 6.07) is 0. The van der Waals surface area contributed by atoms with Gasteiger partial charge in [0.2, 0.25) is 5.95 Å². The van der Waals surface area contributed by atoms with E-state index in [0.717, 1.165) is 30.6 Å². The van der Waals surface area contributed by atoms with Gasteiger partial charge in [-0.2, -0.15) is 0 Å². The van der Waals surface area contributed by atoms with Crippen LogP contribution < -0.4 is 5.32 Å². The summed E-state index contributed by atoms with van der Waals surface area (Å²) in [6.45, 7) is 7.63. The van der Waals surface area contributed by atoms with Crippen LogP contribution in [0.3, 0.4) is 0 Å². The molecule has 0 aromatic carbocycles. The number of anilines is 1. The zero-order valence-corrected chi connectivity index (χ0v) is 9.37. The molecule has 0 unspecified atom stereocenters. The van der Waals surface area contributed by atoms with Crippen molar-refractivity contribution in [2.75, 3.05) is 11.9 Å². The Morgan fingerprint density at radius 3 is 3.07 bits per heavy atom. The number of nitrogens with one attached hydrogen (secondary N) is 1. The zero-order valence-electron chi connectivity index (χ0n) is 9.37. The van der Waals surface area contributed by atoms with Crippen molar-refractivity contribution in [2.24, 2.45) is 5.92 Å². The first-order valence-electron chi connectivity index (χ1n) is 5.68. The Morgan fingerprint density at radius 1 is 1.67 bits per heavy atom. The second-order valence-electron chi connectivity index (χ2n) is 4.32. The Labute approximate surface area is 91.2 Å². The summed E-state index contributed by atoms with van der Waals surface area (Å²) in [5.74, 6) is 1.85. The molecule has 0 radical (unpaired) electrons. The van der Waals surface area contributed by atoms with E-state index in [9.17, 15) is 0 Å². The molecule has 0 aliphatic heterocycles. The van der Waals surface area contributed by atoms with Gasteiger partial charge < -0.3 is 9.88 Å². The molecule has 15 heavy (non-hydrogen) atoms. The SMILES string of the molecule is C=CCNc1nc(C)cn1CC1CCC1. The molecule has 0 spiro atoms. The van der Waals surface area contributed by atoms with Crippen LogP contribution in [0.25, 0.3) is 0 Å². The minimum absolute atomic E-state index is 0.779. The second kappa shape index (κ2) is 4.51. The van der Waals surface area contributed by atoms with Crippen LogP contribution in [0.1, 0.15) is 25.0 Å². The molecule has 0 amide bonds. The van der Waals surface area contributed by atoms with E-state index in [4.69, 9.17) is 0 Å². The number of aromatic nitrogens is 2. The van der Waals surface area contributed by atoms with Crippen LogP contribution in [0, 0.1) is 12.8 Å². The Bertz CT molecular complexity index is 337. The van der Waals surface area contributed by atoms with Gasteiger partial charge in [-0.1, -0.05) is 12.5 Å². The van der Waals surface area contributed by atoms with Crippen LogP contribution in [0.4, 0.5) is 5.95 Å². The van der Waals surface area contributed by atoms with Crippen molar-refractivity contribution >= 4 is 5.95 Å². The Hall–Kier alpha value is -1.25. The van der Waals surface area contributed by atoms with Gasteiger partial charge in [0.25, 0.3) is 0 Å². The average molecular weight is 205 g/mol. The van der Waals surface area contributed by atoms with Crippen LogP contribution in [0.2, 0.25) is 0 Å². The van der Waals surface area contributed by atoms with E-state index in [2.05, 4.69) is 27.6 Å². The summed E-state index contributed by atoms with van der Waals surface area (Å²) in [4.78, 5) is 4.46. The number of imidazole rings is 1. The fraction of sp³-hybridized carbons (Fsp3) is 0.583. The van der Waals surface area contributed by atoms with Crippen molar-refractivity contribution < 1.29 is 0 Å². The first kappa shape index (κ1) is 10.3. The lowest BCUT2D eigenvalue weighted by molar-refractivity contribution is 0.278. The third-order valence-corrected chi connectivity index (χ3v) is 2.98. The third kappa shape index (κ3) is 2.41. The molecule has 0 atom stereocenters. The number of rotatable bonds is 5. The lowest BCUT2D eigenvalue weighted by atomic mass is 9.85. The highest BCUT2D eigenvalue weighted by Gasteiger charge is 2.19. The van der Waals surface area contributed by atoms with Crippen LogP contribution in [0.15, 0.2) is 18.9 Å². The number of aryl methyl sites for hydroxylation is 1. The summed E-state index contributed by atoms with van der Waals surface area (Å²) in [6.07, 6.45) is 8.13. The molecule has 1 fully saturated rings. The van der Waals surface area contributed by atoms with Gasteiger partial charge >= 0.3 is 0 Å². The Kier molecular flexibility index (Phi) is 3.09. The normalized spacial score (nSPS) is 16.1. The number of nitrogens with zero attached hydrogens (tertiary/aromatic N) is 2. The van der Waals surface area contributed by atoms with Gasteiger partial charge in [0, 0.05) is 19.3 Å². The largest absolute Gasteiger partial charge is 0.352 e. The van der Waals surface area contributed by atoms with Crippen molar-refractivity contribution in [2.45, 2.75) is 32.7 Å². The fourth-order valence-electron chi connectivity index (χ4n) is 1.94. The van der Waals surface area contributed by atoms with Gasteiger partial charge in [-0.15, -0.1) is 6.58 Å². The van der Waals surface area contributed by atoms with Gasteiger partial charge in [0.15, 0.2) is 0 Å². The molecule has 0 bridgehead atoms. The predicted molar refractivity (Wildman–Crippen MR) is 63.0 cm³/mol. The minimum atomic E-state index is 0.779. The molecule has 3 nitrogen and oxygen atoms in total. The molecule has 0 saturated heterocycles. The summed E-state index contributed by atoms with van der Waals surface area (Å²) in [5.41, 5.74) is 1.08. The molecule has 1 aromatic rings. The lowest BCUT2D eigenvalue weighted by Gasteiger charge is -2.26. The topological polar surface area (TPSA) is 29.9 Å². The third-order valence-electron chi connectivity index (χ3n) is 2.98. The zero-order chi connectivity index (χ0) is 10.7. The van der Waals surface area contributed by atoms with E-state index < -0.39 is 0 Å². The smallest absolute Gasteiger partial charge is 0.203 e. The monoisotopic (exact) mass is 205 g/mol. The molecule has 1 aliphatic rings. The maximum Gasteiger partial charge on any atom is 0.203 e. The molecule has 3 heteroatoms. The van der Waals surface area contributed by atoms with Crippen molar-refractivity contribution in [3.63, 3.8) is 0 Å². The maximum absolute atomic E-state index is 4.46. The maximum atomic E-state index is 4.46. The average Bonchev–Trinajstić information content (AvgIpc) is 2.49. The van der Waals surface area contributed by atoms with E-state index in [1.807, 2.05) is 13.0 Å². The van der Waals surface area contributed by atoms with Crippen molar-refractivity contribution in [1.82, 2.24) is 9.55 Å². The summed E-state index contributed by atoms with van der Waals surface area (Å²) in [5, 5.41) is 3.27. The summed E-state index contributed by atoms with van der Waals surface area (Å²) >= 11 is 0. The highest BCUT2D eigenvalue weighted by atomic mass is 15.2. The summed E-state index contributed by atoms with van der Waals surface area (Å²) in [7, 11) is 0. The standard InChI is InChI=1S/C12H19N3/c1-3-7-13-12-14-10(2)8-15(12)9-11-5-4-6-11/h3,8,11H,1,4-7,9H2,2H3,(H,13,14). The van der Waals surface area contributed by atoms with E-state index in [1.165, 1.54) is 19.3 Å². The fourth-order valence-corrected chi connectivity index (χ4v) is 1.94. The molecule has 1 aromatic heterocycles. The number of hydrogen-bond acceptors (Lipinski definition) is 2. The Morgan fingerprint density at radius 2 is 2.47 bits per heavy atom. The van der Waals surface area contributed by atoms with Gasteiger partial charge in [0.1, 0.15) is 0 Å². The van der Waals surface area contributed by atoms with E-state index in [0.29, 0.717) is 0 Å². The van der Waals surface area contributed by atoms with E-state index in [1.54, 1.807) is 0 Å². The molecule has 1 heterocycles. The van der Waals surface area contributed by atoms with E-state index in [-0.39, 0.29) is 0 Å². The van der Waals surface area contributed by atoms with Crippen molar-refractivity contribution in [3.05, 3.63) is 24.5 Å². The molecule has 1 saturated carbocycles. The van der Waals surface area contributed by atoms with Gasteiger partial charge in [0.05, 0.1) is 5.69 Å². The van der Waals surface area contributed by atoms with Crippen molar-refractivity contribution in [1.29, 1.82) is 0 Å². The minimum Gasteiger partial charge on any atom is -0.352 e. The van der Waals surface area contributed by atoms with Gasteiger partial charge in [-0.05, 0) is 25.7 Å². The van der Waals surface area contributed by atoms with Crippen LogP contribution >= 0.6 is 0 Å². The van der Waals surface area contributed by atoms with Crippen LogP contribution in [0.5, 0.6) is 0 Å². The highest BCUT2D eigenvalue weighted by molar-refractivity contribution is 5.29. The molecular formula is C12H19N3. The predicted octanol–water partition coefficient (Wildman–Crippen LogP) is 2.59. The first-order valence-corrected chi connectivity index (χ1v) is 5.68. The van der Waals surface area contributed by atoms with Crippen LogP contribution in [-0.2, 0) is 6.54 Å². The van der Waals surface area contributed by atoms with E-state index >= 15 is 0 Å². The quantitative estimate of drug-likeness (QED) is 0.749. The summed E-state index contributed by atoms with van der Waals surface area (Å²) < 4.78 is 2.24. The van der Waals surface area contributed by atoms with Gasteiger partial charge in [-0.3, -0.25) is 0 Å². The molecule has 1 aliphatic carbocycles. The first-order chi connectivity index (χ1) is 7.29. The second-order valence-corrected chi connectivity index (χ2v) is 4.32. The molecule has 82 valence electrons.